The summed E-state index contributed by atoms with van der Waals surface area (Å²) in [6, 6.07) is 12.2. The van der Waals surface area contributed by atoms with Crippen LogP contribution >= 0.6 is 0 Å². The lowest BCUT2D eigenvalue weighted by Gasteiger charge is -2.26. The first-order valence-electron chi connectivity index (χ1n) is 9.44. The van der Waals surface area contributed by atoms with Crippen molar-refractivity contribution in [1.82, 2.24) is 9.62 Å². The number of para-hydroxylation sites is 1. The molecule has 2 aromatic carbocycles. The molecule has 0 aromatic heterocycles. The van der Waals surface area contributed by atoms with Crippen molar-refractivity contribution in [3.63, 3.8) is 0 Å². The number of nitrogens with zero attached hydrogens (tertiary/aromatic N) is 1. The summed E-state index contributed by atoms with van der Waals surface area (Å²) in [6.07, 6.45) is 2.80. The van der Waals surface area contributed by atoms with Gasteiger partial charge in [-0.1, -0.05) is 30.7 Å². The van der Waals surface area contributed by atoms with E-state index >= 15 is 0 Å². The van der Waals surface area contributed by atoms with Crippen molar-refractivity contribution in [3.8, 4) is 5.75 Å². The lowest BCUT2D eigenvalue weighted by molar-refractivity contribution is 0.0950. The first-order valence-corrected chi connectivity index (χ1v) is 10.9. The number of benzene rings is 2. The van der Waals surface area contributed by atoms with E-state index in [1.807, 2.05) is 24.3 Å². The Morgan fingerprint density at radius 2 is 1.82 bits per heavy atom. The minimum Gasteiger partial charge on any atom is -0.496 e. The largest absolute Gasteiger partial charge is 0.496 e. The molecule has 1 N–H and O–H groups in total. The van der Waals surface area contributed by atoms with Gasteiger partial charge in [-0.25, -0.2) is 8.42 Å². The second-order valence-electron chi connectivity index (χ2n) is 6.94. The number of carbonyl (C=O) groups is 1. The van der Waals surface area contributed by atoms with Gasteiger partial charge in [0.2, 0.25) is 10.0 Å². The van der Waals surface area contributed by atoms with Gasteiger partial charge in [0.1, 0.15) is 5.75 Å². The van der Waals surface area contributed by atoms with Crippen LogP contribution in [0, 0.1) is 6.92 Å². The van der Waals surface area contributed by atoms with E-state index in [9.17, 15) is 13.2 Å². The molecule has 2 aromatic rings. The predicted molar refractivity (Wildman–Crippen MR) is 108 cm³/mol. The maximum absolute atomic E-state index is 12.9. The van der Waals surface area contributed by atoms with Gasteiger partial charge in [0.15, 0.2) is 0 Å². The molecule has 0 atom stereocenters. The summed E-state index contributed by atoms with van der Waals surface area (Å²) < 4.78 is 32.6. The van der Waals surface area contributed by atoms with Crippen LogP contribution in [-0.4, -0.2) is 38.8 Å². The Morgan fingerprint density at radius 3 is 2.54 bits per heavy atom. The number of carbonyl (C=O) groups excluding carboxylic acids is 1. The van der Waals surface area contributed by atoms with Crippen LogP contribution in [0.25, 0.3) is 0 Å². The van der Waals surface area contributed by atoms with E-state index in [4.69, 9.17) is 4.74 Å². The van der Waals surface area contributed by atoms with Gasteiger partial charge in [0.25, 0.3) is 5.91 Å². The minimum absolute atomic E-state index is 0.169. The third-order valence-corrected chi connectivity index (χ3v) is 6.93. The number of methoxy groups -OCH3 is 1. The van der Waals surface area contributed by atoms with E-state index in [0.29, 0.717) is 30.9 Å². The van der Waals surface area contributed by atoms with Crippen LogP contribution in [0.1, 0.15) is 40.7 Å². The number of hydrogen-bond donors (Lipinski definition) is 1. The molecule has 1 aliphatic heterocycles. The smallest absolute Gasteiger partial charge is 0.251 e. The van der Waals surface area contributed by atoms with Crippen molar-refractivity contribution in [1.29, 1.82) is 0 Å². The zero-order valence-corrected chi connectivity index (χ0v) is 17.1. The number of hydrogen-bond acceptors (Lipinski definition) is 4. The van der Waals surface area contributed by atoms with Gasteiger partial charge in [-0.15, -0.1) is 0 Å². The van der Waals surface area contributed by atoms with Gasteiger partial charge < -0.3 is 10.1 Å². The second kappa shape index (κ2) is 8.75. The van der Waals surface area contributed by atoms with Crippen LogP contribution in [0.4, 0.5) is 0 Å². The highest BCUT2D eigenvalue weighted by Crippen LogP contribution is 2.23. The lowest BCUT2D eigenvalue weighted by Crippen LogP contribution is -2.35. The maximum Gasteiger partial charge on any atom is 0.251 e. The fourth-order valence-electron chi connectivity index (χ4n) is 3.38. The average Bonchev–Trinajstić information content (AvgIpc) is 2.73. The molecule has 28 heavy (non-hydrogen) atoms. The monoisotopic (exact) mass is 402 g/mol. The van der Waals surface area contributed by atoms with Crippen molar-refractivity contribution in [2.75, 3.05) is 20.2 Å². The molecule has 0 bridgehead atoms. The number of sulfonamides is 1. The van der Waals surface area contributed by atoms with Gasteiger partial charge >= 0.3 is 0 Å². The van der Waals surface area contributed by atoms with Crippen molar-refractivity contribution in [2.45, 2.75) is 37.6 Å². The summed E-state index contributed by atoms with van der Waals surface area (Å²) in [5.41, 5.74) is 1.95. The molecule has 1 saturated heterocycles. The first-order chi connectivity index (χ1) is 13.4. The molecule has 0 unspecified atom stereocenters. The van der Waals surface area contributed by atoms with Crippen LogP contribution in [0.5, 0.6) is 5.75 Å². The van der Waals surface area contributed by atoms with Gasteiger partial charge in [0, 0.05) is 30.8 Å². The topological polar surface area (TPSA) is 75.7 Å². The molecule has 0 aliphatic carbocycles. The Morgan fingerprint density at radius 1 is 1.11 bits per heavy atom. The number of amides is 1. The highest BCUT2D eigenvalue weighted by Gasteiger charge is 2.27. The predicted octanol–water partition coefficient (Wildman–Crippen LogP) is 3.11. The molecule has 3 rings (SSSR count). The molecule has 7 heteroatoms. The Kier molecular flexibility index (Phi) is 6.36. The Bertz CT molecular complexity index is 951. The number of nitrogens with one attached hydrogen (secondary N) is 1. The fourth-order valence-corrected chi connectivity index (χ4v) is 4.92. The summed E-state index contributed by atoms with van der Waals surface area (Å²) in [4.78, 5) is 12.9. The normalized spacial score (nSPS) is 15.2. The molecule has 1 fully saturated rings. The van der Waals surface area contributed by atoms with E-state index in [-0.39, 0.29) is 10.8 Å². The van der Waals surface area contributed by atoms with E-state index < -0.39 is 10.0 Å². The highest BCUT2D eigenvalue weighted by molar-refractivity contribution is 7.89. The van der Waals surface area contributed by atoms with Gasteiger partial charge in [-0.2, -0.15) is 4.31 Å². The minimum atomic E-state index is -3.58. The maximum atomic E-state index is 12.9. The Labute approximate surface area is 166 Å². The third-order valence-electron chi connectivity index (χ3n) is 5.04. The molecule has 6 nitrogen and oxygen atoms in total. The summed E-state index contributed by atoms with van der Waals surface area (Å²) in [5, 5.41) is 2.86. The summed E-state index contributed by atoms with van der Waals surface area (Å²) in [5.74, 6) is 0.389. The van der Waals surface area contributed by atoms with Crippen molar-refractivity contribution in [3.05, 3.63) is 59.2 Å². The van der Waals surface area contributed by atoms with Crippen LogP contribution in [-0.2, 0) is 16.6 Å². The van der Waals surface area contributed by atoms with Crippen molar-refractivity contribution in [2.24, 2.45) is 0 Å². The van der Waals surface area contributed by atoms with Gasteiger partial charge in [0.05, 0.1) is 12.0 Å². The molecule has 1 aliphatic rings. The summed E-state index contributed by atoms with van der Waals surface area (Å²) >= 11 is 0. The standard InChI is InChI=1S/C21H26N2O4S/c1-16-10-11-18(28(25,26)23-12-6-3-7-13-23)14-19(16)21(24)22-15-17-8-4-5-9-20(17)27-2/h4-5,8-11,14H,3,6-7,12-13,15H2,1-2H3,(H,22,24). The number of rotatable bonds is 6. The van der Waals surface area contributed by atoms with E-state index in [2.05, 4.69) is 5.32 Å². The number of piperidine rings is 1. The van der Waals surface area contributed by atoms with Crippen LogP contribution in [0.3, 0.4) is 0 Å². The molecule has 1 heterocycles. The summed E-state index contributed by atoms with van der Waals surface area (Å²) in [7, 11) is -2.00. The van der Waals surface area contributed by atoms with Crippen molar-refractivity contribution < 1.29 is 17.9 Å². The van der Waals surface area contributed by atoms with Crippen LogP contribution in [0.2, 0.25) is 0 Å². The Balaban J connectivity index is 1.80. The highest BCUT2D eigenvalue weighted by atomic mass is 32.2. The lowest BCUT2D eigenvalue weighted by atomic mass is 10.1. The molecule has 150 valence electrons. The average molecular weight is 403 g/mol. The summed E-state index contributed by atoms with van der Waals surface area (Å²) in [6.45, 7) is 3.16. The van der Waals surface area contributed by atoms with E-state index in [1.165, 1.54) is 10.4 Å². The first kappa shape index (κ1) is 20.4. The van der Waals surface area contributed by atoms with Gasteiger partial charge in [-0.05, 0) is 43.5 Å². The quantitative estimate of drug-likeness (QED) is 0.806. The van der Waals surface area contributed by atoms with Crippen LogP contribution < -0.4 is 10.1 Å². The molecular weight excluding hydrogens is 376 g/mol. The fraction of sp³-hybridized carbons (Fsp3) is 0.381. The second-order valence-corrected chi connectivity index (χ2v) is 8.87. The zero-order chi connectivity index (χ0) is 20.1. The number of ether oxygens (including phenoxy) is 1. The molecule has 0 spiro atoms. The molecule has 0 saturated carbocycles. The Hall–Kier alpha value is -2.38. The van der Waals surface area contributed by atoms with Crippen molar-refractivity contribution >= 4 is 15.9 Å². The molecular formula is C21H26N2O4S. The molecule has 1 amide bonds. The zero-order valence-electron chi connectivity index (χ0n) is 16.3. The number of aryl methyl sites for hydroxylation is 1. The van der Waals surface area contributed by atoms with E-state index in [1.54, 1.807) is 26.2 Å². The SMILES string of the molecule is COc1ccccc1CNC(=O)c1cc(S(=O)(=O)N2CCCCC2)ccc1C. The van der Waals surface area contributed by atoms with Crippen LogP contribution in [0.15, 0.2) is 47.4 Å². The van der Waals surface area contributed by atoms with Gasteiger partial charge in [-0.3, -0.25) is 4.79 Å². The van der Waals surface area contributed by atoms with E-state index in [0.717, 1.165) is 30.4 Å². The molecule has 0 radical (unpaired) electrons. The third kappa shape index (κ3) is 4.36.